The summed E-state index contributed by atoms with van der Waals surface area (Å²) in [7, 11) is 0. The van der Waals surface area contributed by atoms with Gasteiger partial charge in [-0.25, -0.2) is 4.79 Å². The Bertz CT molecular complexity index is 454. The van der Waals surface area contributed by atoms with Gasteiger partial charge in [0.05, 0.1) is 6.20 Å². The third kappa shape index (κ3) is 1.90. The van der Waals surface area contributed by atoms with E-state index < -0.39 is 17.9 Å². The Kier molecular flexibility index (Phi) is 2.87. The van der Waals surface area contributed by atoms with Crippen molar-refractivity contribution in [2.45, 2.75) is 26.3 Å². The fourth-order valence-corrected chi connectivity index (χ4v) is 2.18. The van der Waals surface area contributed by atoms with Crippen LogP contribution < -0.4 is 0 Å². The Hall–Kier alpha value is -1.85. The predicted octanol–water partition coefficient (Wildman–Crippen LogP) is 0.918. The van der Waals surface area contributed by atoms with Crippen molar-refractivity contribution in [2.75, 3.05) is 6.54 Å². The Labute approximate surface area is 98.2 Å². The van der Waals surface area contributed by atoms with E-state index in [-0.39, 0.29) is 11.7 Å². The van der Waals surface area contributed by atoms with E-state index in [0.717, 1.165) is 0 Å². The molecular formula is C11H14N2O4. The molecule has 2 unspecified atom stereocenters. The summed E-state index contributed by atoms with van der Waals surface area (Å²) in [5, 5.41) is 12.7. The summed E-state index contributed by atoms with van der Waals surface area (Å²) in [6, 6.07) is -0.771. The van der Waals surface area contributed by atoms with Gasteiger partial charge >= 0.3 is 5.97 Å². The SMILES string of the molecule is Cc1cnoc1C(=O)N1CCC(C)C1C(=O)O. The number of aromatic nitrogens is 1. The molecule has 1 aliphatic heterocycles. The van der Waals surface area contributed by atoms with E-state index in [0.29, 0.717) is 18.5 Å². The Morgan fingerprint density at radius 2 is 2.29 bits per heavy atom. The van der Waals surface area contributed by atoms with Crippen LogP contribution in [0.15, 0.2) is 10.7 Å². The molecule has 1 fully saturated rings. The summed E-state index contributed by atoms with van der Waals surface area (Å²) in [5.74, 6) is -1.28. The first-order valence-electron chi connectivity index (χ1n) is 5.47. The molecule has 0 aromatic carbocycles. The summed E-state index contributed by atoms with van der Waals surface area (Å²) in [5.41, 5.74) is 0.624. The molecule has 17 heavy (non-hydrogen) atoms. The minimum atomic E-state index is -0.972. The number of carbonyl (C=O) groups is 2. The quantitative estimate of drug-likeness (QED) is 0.828. The van der Waals surface area contributed by atoms with E-state index in [2.05, 4.69) is 5.16 Å². The Morgan fingerprint density at radius 1 is 1.59 bits per heavy atom. The van der Waals surface area contributed by atoms with Gasteiger partial charge in [0.1, 0.15) is 6.04 Å². The zero-order valence-corrected chi connectivity index (χ0v) is 9.71. The third-order valence-corrected chi connectivity index (χ3v) is 3.16. The molecule has 1 N–H and O–H groups in total. The highest BCUT2D eigenvalue weighted by molar-refractivity contribution is 5.95. The van der Waals surface area contributed by atoms with Gasteiger partial charge in [0.15, 0.2) is 0 Å². The second-order valence-corrected chi connectivity index (χ2v) is 4.39. The highest BCUT2D eigenvalue weighted by atomic mass is 16.5. The van der Waals surface area contributed by atoms with Crippen molar-refractivity contribution < 1.29 is 19.2 Å². The zero-order valence-electron chi connectivity index (χ0n) is 9.71. The summed E-state index contributed by atoms with van der Waals surface area (Å²) in [4.78, 5) is 24.6. The zero-order chi connectivity index (χ0) is 12.6. The van der Waals surface area contributed by atoms with Gasteiger partial charge in [0.25, 0.3) is 5.91 Å². The van der Waals surface area contributed by atoms with Crippen LogP contribution >= 0.6 is 0 Å². The molecule has 92 valence electrons. The topological polar surface area (TPSA) is 83.6 Å². The number of carboxylic acids is 1. The van der Waals surface area contributed by atoms with Crippen LogP contribution in [0.3, 0.4) is 0 Å². The van der Waals surface area contributed by atoms with Crippen LogP contribution in [0, 0.1) is 12.8 Å². The lowest BCUT2D eigenvalue weighted by atomic mass is 10.0. The maximum Gasteiger partial charge on any atom is 0.326 e. The molecule has 1 amide bonds. The predicted molar refractivity (Wildman–Crippen MR) is 57.5 cm³/mol. The van der Waals surface area contributed by atoms with E-state index >= 15 is 0 Å². The van der Waals surface area contributed by atoms with E-state index in [1.54, 1.807) is 6.92 Å². The van der Waals surface area contributed by atoms with Crippen molar-refractivity contribution in [3.8, 4) is 0 Å². The van der Waals surface area contributed by atoms with E-state index in [4.69, 9.17) is 9.63 Å². The van der Waals surface area contributed by atoms with E-state index in [1.807, 2.05) is 6.92 Å². The maximum absolute atomic E-state index is 12.1. The number of carboxylic acid groups (broad SMARTS) is 1. The van der Waals surface area contributed by atoms with Crippen LogP contribution in [-0.4, -0.2) is 39.6 Å². The molecule has 0 bridgehead atoms. The van der Waals surface area contributed by atoms with Crippen LogP contribution in [0.1, 0.15) is 29.5 Å². The van der Waals surface area contributed by atoms with Gasteiger partial charge in [-0.1, -0.05) is 12.1 Å². The van der Waals surface area contributed by atoms with Gasteiger partial charge < -0.3 is 14.5 Å². The van der Waals surface area contributed by atoms with Crippen molar-refractivity contribution >= 4 is 11.9 Å². The van der Waals surface area contributed by atoms with E-state index in [9.17, 15) is 9.59 Å². The monoisotopic (exact) mass is 238 g/mol. The number of aliphatic carboxylic acids is 1. The van der Waals surface area contributed by atoms with Crippen LogP contribution in [0.2, 0.25) is 0 Å². The number of nitrogens with zero attached hydrogens (tertiary/aromatic N) is 2. The third-order valence-electron chi connectivity index (χ3n) is 3.16. The average Bonchev–Trinajstić information content (AvgIpc) is 2.83. The molecule has 2 heterocycles. The first kappa shape index (κ1) is 11.6. The van der Waals surface area contributed by atoms with Crippen LogP contribution in [0.5, 0.6) is 0 Å². The van der Waals surface area contributed by atoms with Crippen LogP contribution in [-0.2, 0) is 4.79 Å². The van der Waals surface area contributed by atoms with Crippen LogP contribution in [0.25, 0.3) is 0 Å². The number of hydrogen-bond acceptors (Lipinski definition) is 4. The van der Waals surface area contributed by atoms with Gasteiger partial charge in [0, 0.05) is 12.1 Å². The molecule has 2 atom stereocenters. The summed E-state index contributed by atoms with van der Waals surface area (Å²) in [6.45, 7) is 3.98. The molecule has 0 aliphatic carbocycles. The van der Waals surface area contributed by atoms with Crippen LogP contribution in [0.4, 0.5) is 0 Å². The van der Waals surface area contributed by atoms with Crippen molar-refractivity contribution in [1.29, 1.82) is 0 Å². The maximum atomic E-state index is 12.1. The minimum Gasteiger partial charge on any atom is -0.480 e. The number of amides is 1. The lowest BCUT2D eigenvalue weighted by Crippen LogP contribution is -2.42. The minimum absolute atomic E-state index is 0.0420. The second-order valence-electron chi connectivity index (χ2n) is 4.39. The fourth-order valence-electron chi connectivity index (χ4n) is 2.18. The molecule has 0 radical (unpaired) electrons. The first-order valence-corrected chi connectivity index (χ1v) is 5.47. The molecule has 2 rings (SSSR count). The highest BCUT2D eigenvalue weighted by Crippen LogP contribution is 2.26. The average molecular weight is 238 g/mol. The molecule has 6 heteroatoms. The largest absolute Gasteiger partial charge is 0.480 e. The molecular weight excluding hydrogens is 224 g/mol. The molecule has 0 spiro atoms. The van der Waals surface area contributed by atoms with Crippen molar-refractivity contribution in [1.82, 2.24) is 10.1 Å². The summed E-state index contributed by atoms with van der Waals surface area (Å²) >= 11 is 0. The number of rotatable bonds is 2. The fraction of sp³-hybridized carbons (Fsp3) is 0.545. The second kappa shape index (κ2) is 4.20. The molecule has 1 aromatic heterocycles. The van der Waals surface area contributed by atoms with Crippen molar-refractivity contribution in [3.05, 3.63) is 17.5 Å². The van der Waals surface area contributed by atoms with Gasteiger partial charge in [-0.05, 0) is 19.3 Å². The number of aryl methyl sites for hydroxylation is 1. The standard InChI is InChI=1S/C11H14N2O4/c1-6-3-4-13(8(6)11(15)16)10(14)9-7(2)5-12-17-9/h5-6,8H,3-4H2,1-2H3,(H,15,16). The molecule has 1 aliphatic rings. The molecule has 0 saturated carbocycles. The van der Waals surface area contributed by atoms with Crippen molar-refractivity contribution in [3.63, 3.8) is 0 Å². The van der Waals surface area contributed by atoms with Crippen molar-refractivity contribution in [2.24, 2.45) is 5.92 Å². The lowest BCUT2D eigenvalue weighted by molar-refractivity contribution is -0.142. The molecule has 6 nitrogen and oxygen atoms in total. The summed E-state index contributed by atoms with van der Waals surface area (Å²) < 4.78 is 4.87. The number of carbonyl (C=O) groups excluding carboxylic acids is 1. The van der Waals surface area contributed by atoms with Gasteiger partial charge in [-0.15, -0.1) is 0 Å². The smallest absolute Gasteiger partial charge is 0.326 e. The number of likely N-dealkylation sites (tertiary alicyclic amines) is 1. The molecule has 1 saturated heterocycles. The summed E-state index contributed by atoms with van der Waals surface area (Å²) in [6.07, 6.45) is 2.14. The van der Waals surface area contributed by atoms with Gasteiger partial charge in [-0.3, -0.25) is 4.79 Å². The van der Waals surface area contributed by atoms with Gasteiger partial charge in [0.2, 0.25) is 5.76 Å². The Balaban J connectivity index is 2.26. The highest BCUT2D eigenvalue weighted by Gasteiger charge is 2.41. The Morgan fingerprint density at radius 3 is 2.82 bits per heavy atom. The normalized spacial score (nSPS) is 24.0. The molecule has 1 aromatic rings. The van der Waals surface area contributed by atoms with Gasteiger partial charge in [-0.2, -0.15) is 0 Å². The lowest BCUT2D eigenvalue weighted by Gasteiger charge is -2.22. The first-order chi connectivity index (χ1) is 8.02. The van der Waals surface area contributed by atoms with E-state index in [1.165, 1.54) is 11.1 Å². The number of hydrogen-bond donors (Lipinski definition) is 1.